The van der Waals surface area contributed by atoms with Gasteiger partial charge >= 0.3 is 0 Å². The Kier molecular flexibility index (Phi) is 7.27. The second-order valence-electron chi connectivity index (χ2n) is 7.17. The zero-order valence-corrected chi connectivity index (χ0v) is 18.8. The topological polar surface area (TPSA) is 86.8 Å². The molecular formula is C21H27N3O4S2. The van der Waals surface area contributed by atoms with Gasteiger partial charge in [0.05, 0.1) is 15.7 Å². The maximum Gasteiger partial charge on any atom is 0.263 e. The minimum atomic E-state index is -3.53. The molecule has 1 atom stereocenters. The molecule has 1 aromatic heterocycles. The van der Waals surface area contributed by atoms with Gasteiger partial charge in [-0.2, -0.15) is 4.31 Å². The third kappa shape index (κ3) is 4.91. The van der Waals surface area contributed by atoms with E-state index in [-0.39, 0.29) is 22.6 Å². The van der Waals surface area contributed by atoms with Gasteiger partial charge in [0, 0.05) is 31.9 Å². The van der Waals surface area contributed by atoms with Crippen molar-refractivity contribution in [3.63, 3.8) is 0 Å². The van der Waals surface area contributed by atoms with Gasteiger partial charge in [-0.15, -0.1) is 11.3 Å². The molecule has 0 saturated carbocycles. The monoisotopic (exact) mass is 449 g/mol. The van der Waals surface area contributed by atoms with Crippen molar-refractivity contribution in [2.45, 2.75) is 31.6 Å². The number of sulfonamides is 1. The number of hydrogen-bond donors (Lipinski definition) is 1. The molecule has 30 heavy (non-hydrogen) atoms. The molecule has 0 radical (unpaired) electrons. The lowest BCUT2D eigenvalue weighted by molar-refractivity contribution is -0.121. The van der Waals surface area contributed by atoms with Crippen LogP contribution in [0.5, 0.6) is 0 Å². The van der Waals surface area contributed by atoms with Gasteiger partial charge in [-0.3, -0.25) is 9.59 Å². The van der Waals surface area contributed by atoms with Crippen molar-refractivity contribution in [3.8, 4) is 0 Å². The maximum absolute atomic E-state index is 12.7. The van der Waals surface area contributed by atoms with Crippen LogP contribution in [0.25, 0.3) is 0 Å². The second-order valence-corrected chi connectivity index (χ2v) is 10.1. The molecular weight excluding hydrogens is 422 g/mol. The van der Waals surface area contributed by atoms with Crippen LogP contribution in [0.15, 0.2) is 46.7 Å². The zero-order chi connectivity index (χ0) is 21.7. The highest BCUT2D eigenvalue weighted by molar-refractivity contribution is 7.89. The van der Waals surface area contributed by atoms with Crippen molar-refractivity contribution in [1.82, 2.24) is 9.21 Å². The minimum absolute atomic E-state index is 0.0338. The molecule has 1 aliphatic rings. The van der Waals surface area contributed by atoms with E-state index in [1.807, 2.05) is 11.4 Å². The standard InChI is InChI=1S/C21H27N3O4S2/c1-3-24(4-2)30(27,28)18-11-9-17(10-12-18)22-20(25)16-7-5-13-23(15-16)21(26)19-8-6-14-29-19/h6,8-12,14,16H,3-5,7,13,15H2,1-2H3,(H,22,25)/t16-/m1/s1. The van der Waals surface area contributed by atoms with E-state index in [9.17, 15) is 18.0 Å². The maximum atomic E-state index is 12.7. The summed E-state index contributed by atoms with van der Waals surface area (Å²) in [5.74, 6) is -0.478. The summed E-state index contributed by atoms with van der Waals surface area (Å²) in [6.07, 6.45) is 1.49. The molecule has 2 heterocycles. The Labute approximate surface area is 181 Å². The molecule has 1 fully saturated rings. The number of piperidine rings is 1. The van der Waals surface area contributed by atoms with E-state index in [1.54, 1.807) is 36.9 Å². The lowest BCUT2D eigenvalue weighted by Gasteiger charge is -2.31. The first-order valence-corrected chi connectivity index (χ1v) is 12.4. The average Bonchev–Trinajstić information content (AvgIpc) is 3.29. The summed E-state index contributed by atoms with van der Waals surface area (Å²) in [6.45, 7) is 5.44. The number of rotatable bonds is 7. The second kappa shape index (κ2) is 9.72. The highest BCUT2D eigenvalue weighted by Crippen LogP contribution is 2.23. The normalized spacial score (nSPS) is 17.2. The van der Waals surface area contributed by atoms with Crippen molar-refractivity contribution in [3.05, 3.63) is 46.7 Å². The molecule has 3 rings (SSSR count). The van der Waals surface area contributed by atoms with Crippen LogP contribution < -0.4 is 5.32 Å². The summed E-state index contributed by atoms with van der Waals surface area (Å²) >= 11 is 1.40. The predicted octanol–water partition coefficient (Wildman–Crippen LogP) is 3.27. The van der Waals surface area contributed by atoms with Crippen molar-refractivity contribution < 1.29 is 18.0 Å². The minimum Gasteiger partial charge on any atom is -0.337 e. The molecule has 1 aromatic carbocycles. The van der Waals surface area contributed by atoms with Crippen LogP contribution in [0.4, 0.5) is 5.69 Å². The van der Waals surface area contributed by atoms with Gasteiger partial charge in [-0.05, 0) is 48.6 Å². The van der Waals surface area contributed by atoms with E-state index in [2.05, 4.69) is 5.32 Å². The van der Waals surface area contributed by atoms with Crippen molar-refractivity contribution in [1.29, 1.82) is 0 Å². The fourth-order valence-electron chi connectivity index (χ4n) is 3.60. The Hall–Kier alpha value is -2.23. The lowest BCUT2D eigenvalue weighted by Crippen LogP contribution is -2.43. The fourth-order valence-corrected chi connectivity index (χ4v) is 5.75. The van der Waals surface area contributed by atoms with Gasteiger partial charge in [0.25, 0.3) is 5.91 Å². The molecule has 0 spiro atoms. The van der Waals surface area contributed by atoms with Crippen LogP contribution in [0, 0.1) is 5.92 Å². The van der Waals surface area contributed by atoms with Crippen LogP contribution in [0.2, 0.25) is 0 Å². The van der Waals surface area contributed by atoms with E-state index in [0.717, 1.165) is 6.42 Å². The molecule has 2 aromatic rings. The van der Waals surface area contributed by atoms with E-state index in [0.29, 0.717) is 43.2 Å². The Morgan fingerprint density at radius 2 is 1.87 bits per heavy atom. The third-order valence-corrected chi connectivity index (χ3v) is 8.20. The summed E-state index contributed by atoms with van der Waals surface area (Å²) in [7, 11) is -3.53. The number of anilines is 1. The van der Waals surface area contributed by atoms with Gasteiger partial charge < -0.3 is 10.2 Å². The molecule has 9 heteroatoms. The van der Waals surface area contributed by atoms with E-state index in [4.69, 9.17) is 0 Å². The molecule has 1 N–H and O–H groups in total. The number of benzene rings is 1. The third-order valence-electron chi connectivity index (χ3n) is 5.28. The number of carbonyl (C=O) groups is 2. The van der Waals surface area contributed by atoms with Crippen molar-refractivity contribution >= 4 is 38.9 Å². The first-order chi connectivity index (χ1) is 14.4. The molecule has 7 nitrogen and oxygen atoms in total. The quantitative estimate of drug-likeness (QED) is 0.703. The molecule has 162 valence electrons. The summed E-state index contributed by atoms with van der Waals surface area (Å²) in [5, 5.41) is 4.73. The first kappa shape index (κ1) is 22.5. The van der Waals surface area contributed by atoms with Gasteiger partial charge in [0.1, 0.15) is 0 Å². The predicted molar refractivity (Wildman–Crippen MR) is 118 cm³/mol. The smallest absolute Gasteiger partial charge is 0.263 e. The van der Waals surface area contributed by atoms with Crippen molar-refractivity contribution in [2.24, 2.45) is 5.92 Å². The number of hydrogen-bond acceptors (Lipinski definition) is 5. The van der Waals surface area contributed by atoms with Gasteiger partial charge in [0.15, 0.2) is 0 Å². The first-order valence-electron chi connectivity index (χ1n) is 10.1. The van der Waals surface area contributed by atoms with Crippen LogP contribution >= 0.6 is 11.3 Å². The Morgan fingerprint density at radius 3 is 2.47 bits per heavy atom. The van der Waals surface area contributed by atoms with E-state index >= 15 is 0 Å². The van der Waals surface area contributed by atoms with Crippen LogP contribution in [-0.4, -0.2) is 55.6 Å². The number of thiophene rings is 1. The Bertz CT molecular complexity index is 968. The number of amides is 2. The Morgan fingerprint density at radius 1 is 1.17 bits per heavy atom. The van der Waals surface area contributed by atoms with Gasteiger partial charge in [-0.1, -0.05) is 19.9 Å². The van der Waals surface area contributed by atoms with Gasteiger partial charge in [-0.25, -0.2) is 8.42 Å². The van der Waals surface area contributed by atoms with E-state index < -0.39 is 10.0 Å². The number of likely N-dealkylation sites (tertiary alicyclic amines) is 1. The lowest BCUT2D eigenvalue weighted by atomic mass is 9.97. The van der Waals surface area contributed by atoms with Crippen LogP contribution in [-0.2, 0) is 14.8 Å². The van der Waals surface area contributed by atoms with Crippen LogP contribution in [0.3, 0.4) is 0 Å². The number of nitrogens with one attached hydrogen (secondary N) is 1. The molecule has 1 saturated heterocycles. The summed E-state index contributed by atoms with van der Waals surface area (Å²) < 4.78 is 26.5. The van der Waals surface area contributed by atoms with Crippen LogP contribution in [0.1, 0.15) is 36.4 Å². The highest BCUT2D eigenvalue weighted by atomic mass is 32.2. The zero-order valence-electron chi connectivity index (χ0n) is 17.2. The highest BCUT2D eigenvalue weighted by Gasteiger charge is 2.29. The van der Waals surface area contributed by atoms with Crippen molar-refractivity contribution in [2.75, 3.05) is 31.5 Å². The summed E-state index contributed by atoms with van der Waals surface area (Å²) in [6, 6.07) is 9.87. The largest absolute Gasteiger partial charge is 0.337 e. The molecule has 1 aliphatic heterocycles. The van der Waals surface area contributed by atoms with E-state index in [1.165, 1.54) is 27.8 Å². The van der Waals surface area contributed by atoms with Gasteiger partial charge in [0.2, 0.25) is 15.9 Å². The average molecular weight is 450 g/mol. The summed E-state index contributed by atoms with van der Waals surface area (Å²) in [5.41, 5.74) is 0.542. The molecule has 0 aliphatic carbocycles. The number of carbonyl (C=O) groups excluding carboxylic acids is 2. The molecule has 0 bridgehead atoms. The Balaban J connectivity index is 1.63. The fraction of sp³-hybridized carbons (Fsp3) is 0.429. The number of nitrogens with zero attached hydrogens (tertiary/aromatic N) is 2. The molecule has 2 amide bonds. The summed E-state index contributed by atoms with van der Waals surface area (Å²) in [4.78, 5) is 27.9. The SMILES string of the molecule is CCN(CC)S(=O)(=O)c1ccc(NC(=O)[C@@H]2CCCN(C(=O)c3cccs3)C2)cc1. The molecule has 0 unspecified atom stereocenters.